The van der Waals surface area contributed by atoms with Crippen LogP contribution in [0.15, 0.2) is 28.5 Å². The molecule has 1 heterocycles. The van der Waals surface area contributed by atoms with Gasteiger partial charge in [0.05, 0.1) is 21.2 Å². The van der Waals surface area contributed by atoms with Crippen LogP contribution < -0.4 is 10.5 Å². The zero-order chi connectivity index (χ0) is 14.9. The Morgan fingerprint density at radius 3 is 2.75 bits per heavy atom. The Balaban J connectivity index is 2.44. The molecule has 0 saturated heterocycles. The van der Waals surface area contributed by atoms with Gasteiger partial charge in [0.1, 0.15) is 11.1 Å². The van der Waals surface area contributed by atoms with Crippen molar-refractivity contribution in [3.05, 3.63) is 39.7 Å². The number of nitrogens with zero attached hydrogens (tertiary/aromatic N) is 1. The van der Waals surface area contributed by atoms with E-state index < -0.39 is 10.0 Å². The number of nitrogens with two attached hydrogens (primary N) is 1. The Labute approximate surface area is 125 Å². The first-order valence-corrected chi connectivity index (χ1v) is 8.15. The average Bonchev–Trinajstić information content (AvgIpc) is 2.81. The Morgan fingerprint density at radius 2 is 2.15 bits per heavy atom. The lowest BCUT2D eigenvalue weighted by atomic mass is 10.2. The molecule has 0 radical (unpaired) electrons. The Kier molecular flexibility index (Phi) is 3.90. The number of rotatable bonds is 3. The molecule has 0 unspecified atom stereocenters. The van der Waals surface area contributed by atoms with Crippen LogP contribution in [0.3, 0.4) is 0 Å². The van der Waals surface area contributed by atoms with Crippen LogP contribution in [0.1, 0.15) is 11.1 Å². The van der Waals surface area contributed by atoms with Crippen molar-refractivity contribution in [1.82, 2.24) is 0 Å². The highest BCUT2D eigenvalue weighted by atomic mass is 35.5. The SMILES string of the molecule is Cc1cc(S(=O)(=O)Nc2sccc2C#N)cc(N)c1Cl. The number of hydrogen-bond acceptors (Lipinski definition) is 5. The van der Waals surface area contributed by atoms with E-state index in [1.807, 2.05) is 6.07 Å². The van der Waals surface area contributed by atoms with Crippen LogP contribution in [0.5, 0.6) is 0 Å². The fraction of sp³-hybridized carbons (Fsp3) is 0.0833. The minimum absolute atomic E-state index is 0.00851. The smallest absolute Gasteiger partial charge is 0.262 e. The summed E-state index contributed by atoms with van der Waals surface area (Å²) in [6.07, 6.45) is 0. The van der Waals surface area contributed by atoms with Crippen molar-refractivity contribution in [3.63, 3.8) is 0 Å². The number of nitriles is 1. The number of halogens is 1. The van der Waals surface area contributed by atoms with E-state index in [-0.39, 0.29) is 21.1 Å². The van der Waals surface area contributed by atoms with Crippen LogP contribution in [0.2, 0.25) is 5.02 Å². The number of benzene rings is 1. The van der Waals surface area contributed by atoms with Crippen molar-refractivity contribution in [2.75, 3.05) is 10.5 Å². The van der Waals surface area contributed by atoms with Crippen molar-refractivity contribution in [2.45, 2.75) is 11.8 Å². The third-order valence-electron chi connectivity index (χ3n) is 2.58. The van der Waals surface area contributed by atoms with Gasteiger partial charge in [-0.1, -0.05) is 11.6 Å². The van der Waals surface area contributed by atoms with Crippen LogP contribution in [0.25, 0.3) is 0 Å². The summed E-state index contributed by atoms with van der Waals surface area (Å²) in [6, 6.07) is 6.19. The average molecular weight is 328 g/mol. The number of hydrogen-bond donors (Lipinski definition) is 2. The molecule has 3 N–H and O–H groups in total. The summed E-state index contributed by atoms with van der Waals surface area (Å²) in [7, 11) is -3.81. The molecule has 0 aliphatic rings. The molecule has 1 aromatic heterocycles. The summed E-state index contributed by atoms with van der Waals surface area (Å²) in [5.74, 6) is 0. The Bertz CT molecular complexity index is 783. The molecule has 0 bridgehead atoms. The molecule has 0 saturated carbocycles. The molecule has 0 aliphatic carbocycles. The summed E-state index contributed by atoms with van der Waals surface area (Å²) in [5, 5.41) is 11.1. The van der Waals surface area contributed by atoms with E-state index in [2.05, 4.69) is 4.72 Å². The van der Waals surface area contributed by atoms with Gasteiger partial charge in [0.15, 0.2) is 0 Å². The van der Waals surface area contributed by atoms with Gasteiger partial charge in [0, 0.05) is 0 Å². The molecule has 2 rings (SSSR count). The summed E-state index contributed by atoms with van der Waals surface area (Å²) in [4.78, 5) is 0.00851. The number of anilines is 2. The monoisotopic (exact) mass is 327 g/mol. The van der Waals surface area contributed by atoms with E-state index in [4.69, 9.17) is 22.6 Å². The fourth-order valence-corrected chi connectivity index (χ4v) is 3.87. The lowest BCUT2D eigenvalue weighted by Gasteiger charge is -2.10. The molecule has 0 atom stereocenters. The van der Waals surface area contributed by atoms with E-state index in [0.29, 0.717) is 10.6 Å². The predicted molar refractivity (Wildman–Crippen MR) is 80.4 cm³/mol. The molecule has 0 amide bonds. The number of thiophene rings is 1. The maximum Gasteiger partial charge on any atom is 0.262 e. The first-order chi connectivity index (χ1) is 9.35. The number of sulfonamides is 1. The van der Waals surface area contributed by atoms with Gasteiger partial charge in [0.2, 0.25) is 0 Å². The predicted octanol–water partition coefficient (Wildman–Crippen LogP) is 2.96. The van der Waals surface area contributed by atoms with Gasteiger partial charge >= 0.3 is 0 Å². The van der Waals surface area contributed by atoms with Crippen LogP contribution in [-0.2, 0) is 10.0 Å². The second kappa shape index (κ2) is 5.32. The zero-order valence-corrected chi connectivity index (χ0v) is 12.7. The highest BCUT2D eigenvalue weighted by molar-refractivity contribution is 7.93. The van der Waals surface area contributed by atoms with Crippen LogP contribution in [0.4, 0.5) is 10.7 Å². The second-order valence-electron chi connectivity index (χ2n) is 4.02. The molecule has 1 aromatic carbocycles. The van der Waals surface area contributed by atoms with Gasteiger partial charge in [-0.3, -0.25) is 4.72 Å². The molecule has 2 aromatic rings. The zero-order valence-electron chi connectivity index (χ0n) is 10.3. The summed E-state index contributed by atoms with van der Waals surface area (Å²) >= 11 is 7.05. The quantitative estimate of drug-likeness (QED) is 0.847. The van der Waals surface area contributed by atoms with Crippen LogP contribution >= 0.6 is 22.9 Å². The van der Waals surface area contributed by atoms with Crippen molar-refractivity contribution < 1.29 is 8.42 Å². The molecule has 104 valence electrons. The first kappa shape index (κ1) is 14.7. The Morgan fingerprint density at radius 1 is 1.45 bits per heavy atom. The molecule has 0 fully saturated rings. The molecule has 0 spiro atoms. The fourth-order valence-electron chi connectivity index (χ4n) is 1.58. The summed E-state index contributed by atoms with van der Waals surface area (Å²) in [6.45, 7) is 1.67. The lowest BCUT2D eigenvalue weighted by Crippen LogP contribution is -2.13. The van der Waals surface area contributed by atoms with E-state index in [1.165, 1.54) is 12.1 Å². The van der Waals surface area contributed by atoms with Crippen LogP contribution in [0, 0.1) is 18.3 Å². The van der Waals surface area contributed by atoms with Gasteiger partial charge in [0.25, 0.3) is 10.0 Å². The number of nitrogens with one attached hydrogen (secondary N) is 1. The molecule has 5 nitrogen and oxygen atoms in total. The second-order valence-corrected chi connectivity index (χ2v) is 7.00. The molecular formula is C12H10ClN3O2S2. The van der Waals surface area contributed by atoms with E-state index in [0.717, 1.165) is 11.3 Å². The topological polar surface area (TPSA) is 96.0 Å². The van der Waals surface area contributed by atoms with Crippen molar-refractivity contribution >= 4 is 43.6 Å². The highest BCUT2D eigenvalue weighted by Gasteiger charge is 2.19. The molecule has 8 heteroatoms. The van der Waals surface area contributed by atoms with Gasteiger partial charge in [-0.05, 0) is 36.1 Å². The molecule has 20 heavy (non-hydrogen) atoms. The highest BCUT2D eigenvalue weighted by Crippen LogP contribution is 2.29. The lowest BCUT2D eigenvalue weighted by molar-refractivity contribution is 0.601. The number of nitrogen functional groups attached to an aromatic ring is 1. The first-order valence-electron chi connectivity index (χ1n) is 5.41. The minimum atomic E-state index is -3.81. The maximum atomic E-state index is 12.3. The largest absolute Gasteiger partial charge is 0.397 e. The van der Waals surface area contributed by atoms with E-state index in [1.54, 1.807) is 18.4 Å². The van der Waals surface area contributed by atoms with Gasteiger partial charge in [-0.2, -0.15) is 5.26 Å². The third-order valence-corrected chi connectivity index (χ3v) is 5.38. The maximum absolute atomic E-state index is 12.3. The van der Waals surface area contributed by atoms with E-state index >= 15 is 0 Å². The standard InChI is InChI=1S/C12H10ClN3O2S2/c1-7-4-9(5-10(15)11(7)13)20(17,18)16-12-8(6-14)2-3-19-12/h2-5,16H,15H2,1H3. The van der Waals surface area contributed by atoms with Crippen molar-refractivity contribution in [1.29, 1.82) is 5.26 Å². The van der Waals surface area contributed by atoms with Gasteiger partial charge in [-0.25, -0.2) is 8.42 Å². The van der Waals surface area contributed by atoms with E-state index in [9.17, 15) is 8.42 Å². The summed E-state index contributed by atoms with van der Waals surface area (Å²) < 4.78 is 26.9. The Hall–Kier alpha value is -1.75. The van der Waals surface area contributed by atoms with Crippen LogP contribution in [-0.4, -0.2) is 8.42 Å². The molecule has 0 aliphatic heterocycles. The van der Waals surface area contributed by atoms with Crippen molar-refractivity contribution in [3.8, 4) is 6.07 Å². The van der Waals surface area contributed by atoms with Crippen molar-refractivity contribution in [2.24, 2.45) is 0 Å². The third kappa shape index (κ3) is 2.72. The van der Waals surface area contributed by atoms with Gasteiger partial charge in [-0.15, -0.1) is 11.3 Å². The molecular weight excluding hydrogens is 318 g/mol. The minimum Gasteiger partial charge on any atom is -0.397 e. The number of aryl methyl sites for hydroxylation is 1. The summed E-state index contributed by atoms with van der Waals surface area (Å²) in [5.41, 5.74) is 6.71. The van der Waals surface area contributed by atoms with Gasteiger partial charge < -0.3 is 5.73 Å². The normalized spacial score (nSPS) is 11.1.